The van der Waals surface area contributed by atoms with E-state index in [9.17, 15) is 4.79 Å². The number of amides is 1. The summed E-state index contributed by atoms with van der Waals surface area (Å²) in [4.78, 5) is 15.4. The number of hydrogen-bond acceptors (Lipinski definition) is 4. The number of rotatable bonds is 4. The third kappa shape index (κ3) is 4.57. The molecule has 0 aliphatic carbocycles. The second-order valence-corrected chi connectivity index (χ2v) is 6.17. The van der Waals surface area contributed by atoms with E-state index >= 15 is 0 Å². The van der Waals surface area contributed by atoms with Gasteiger partial charge in [0.2, 0.25) is 0 Å². The predicted molar refractivity (Wildman–Crippen MR) is 87.4 cm³/mol. The molecule has 0 aromatic carbocycles. The Labute approximate surface area is 130 Å². The van der Waals surface area contributed by atoms with Crippen LogP contribution in [0.25, 0.3) is 0 Å². The zero-order valence-corrected chi connectivity index (χ0v) is 13.3. The summed E-state index contributed by atoms with van der Waals surface area (Å²) >= 11 is 1.44. The van der Waals surface area contributed by atoms with E-state index in [2.05, 4.69) is 29.0 Å². The van der Waals surface area contributed by atoms with Gasteiger partial charge in [0.05, 0.1) is 6.54 Å². The van der Waals surface area contributed by atoms with Crippen molar-refractivity contribution in [3.05, 3.63) is 21.9 Å². The van der Waals surface area contributed by atoms with Crippen molar-refractivity contribution in [3.8, 4) is 11.8 Å². The molecule has 0 spiro atoms. The van der Waals surface area contributed by atoms with Gasteiger partial charge in [0.15, 0.2) is 0 Å². The van der Waals surface area contributed by atoms with Gasteiger partial charge < -0.3 is 16.0 Å². The van der Waals surface area contributed by atoms with E-state index in [0.29, 0.717) is 17.3 Å². The minimum atomic E-state index is -0.00996. The summed E-state index contributed by atoms with van der Waals surface area (Å²) in [5.74, 6) is 6.34. The van der Waals surface area contributed by atoms with Crippen LogP contribution in [0.15, 0.2) is 11.4 Å². The minimum absolute atomic E-state index is 0.00996. The summed E-state index contributed by atoms with van der Waals surface area (Å²) < 4.78 is 0. The molecule has 1 aromatic heterocycles. The molecule has 1 saturated heterocycles. The average molecular weight is 305 g/mol. The molecule has 114 valence electrons. The molecule has 1 aliphatic rings. The lowest BCUT2D eigenvalue weighted by molar-refractivity contribution is 0.0940. The Morgan fingerprint density at radius 1 is 1.52 bits per heavy atom. The van der Waals surface area contributed by atoms with E-state index in [1.165, 1.54) is 24.2 Å². The van der Waals surface area contributed by atoms with Gasteiger partial charge >= 0.3 is 0 Å². The van der Waals surface area contributed by atoms with Crippen LogP contribution >= 0.6 is 11.3 Å². The minimum Gasteiger partial charge on any atom is -0.351 e. The Balaban J connectivity index is 1.84. The maximum atomic E-state index is 12.2. The van der Waals surface area contributed by atoms with Crippen LogP contribution in [-0.2, 0) is 0 Å². The molecule has 2 heterocycles. The third-order valence-corrected chi connectivity index (χ3v) is 4.82. The highest BCUT2D eigenvalue weighted by Crippen LogP contribution is 2.18. The van der Waals surface area contributed by atoms with Gasteiger partial charge in [-0.2, -0.15) is 0 Å². The van der Waals surface area contributed by atoms with E-state index in [1.807, 2.05) is 11.4 Å². The molecule has 0 bridgehead atoms. The number of piperidine rings is 1. The van der Waals surface area contributed by atoms with Crippen molar-refractivity contribution in [2.45, 2.75) is 19.8 Å². The highest BCUT2D eigenvalue weighted by molar-refractivity contribution is 7.12. The Bertz CT molecular complexity index is 521. The van der Waals surface area contributed by atoms with E-state index in [1.54, 1.807) is 0 Å². The van der Waals surface area contributed by atoms with Crippen LogP contribution in [0.3, 0.4) is 0 Å². The fraction of sp³-hybridized carbons (Fsp3) is 0.562. The molecule has 21 heavy (non-hydrogen) atoms. The molecular weight excluding hydrogens is 282 g/mol. The van der Waals surface area contributed by atoms with E-state index in [4.69, 9.17) is 5.73 Å². The molecule has 0 atom stereocenters. The summed E-state index contributed by atoms with van der Waals surface area (Å²) in [5.41, 5.74) is 6.16. The molecule has 2 rings (SSSR count). The summed E-state index contributed by atoms with van der Waals surface area (Å²) in [7, 11) is 0. The van der Waals surface area contributed by atoms with Crippen LogP contribution in [0.5, 0.6) is 0 Å². The van der Waals surface area contributed by atoms with Crippen molar-refractivity contribution < 1.29 is 4.79 Å². The fourth-order valence-electron chi connectivity index (χ4n) is 2.55. The smallest absolute Gasteiger partial charge is 0.262 e. The molecule has 0 radical (unpaired) electrons. The van der Waals surface area contributed by atoms with Crippen molar-refractivity contribution in [1.29, 1.82) is 0 Å². The number of likely N-dealkylation sites (tertiary alicyclic amines) is 1. The standard InChI is InChI=1S/C16H23N3OS/c1-2-19-9-5-13(6-10-19)12-18-16(20)15-14(4-3-8-17)7-11-21-15/h7,11,13H,2,5-6,8-10,12,17H2,1H3,(H,18,20). The zero-order chi connectivity index (χ0) is 15.1. The largest absolute Gasteiger partial charge is 0.351 e. The molecule has 0 unspecified atom stereocenters. The Morgan fingerprint density at radius 3 is 2.95 bits per heavy atom. The molecule has 1 aliphatic heterocycles. The van der Waals surface area contributed by atoms with Crippen molar-refractivity contribution in [1.82, 2.24) is 10.2 Å². The summed E-state index contributed by atoms with van der Waals surface area (Å²) in [6, 6.07) is 1.88. The van der Waals surface area contributed by atoms with Gasteiger partial charge in [0, 0.05) is 12.1 Å². The highest BCUT2D eigenvalue weighted by atomic mass is 32.1. The quantitative estimate of drug-likeness (QED) is 0.829. The maximum absolute atomic E-state index is 12.2. The van der Waals surface area contributed by atoms with Crippen molar-refractivity contribution in [2.75, 3.05) is 32.7 Å². The van der Waals surface area contributed by atoms with Crippen LogP contribution in [0, 0.1) is 17.8 Å². The number of nitrogens with zero attached hydrogens (tertiary/aromatic N) is 1. The highest BCUT2D eigenvalue weighted by Gasteiger charge is 2.19. The van der Waals surface area contributed by atoms with Crippen LogP contribution in [0.2, 0.25) is 0 Å². The SMILES string of the molecule is CCN1CCC(CNC(=O)c2sccc2C#CCN)CC1. The normalized spacial score (nSPS) is 16.3. The number of thiophene rings is 1. The topological polar surface area (TPSA) is 58.4 Å². The molecule has 0 saturated carbocycles. The first-order valence-electron chi connectivity index (χ1n) is 7.51. The van der Waals surface area contributed by atoms with Crippen molar-refractivity contribution >= 4 is 17.2 Å². The lowest BCUT2D eigenvalue weighted by Crippen LogP contribution is -2.38. The summed E-state index contributed by atoms with van der Waals surface area (Å²) in [5, 5.41) is 4.96. The molecule has 4 nitrogen and oxygen atoms in total. The van der Waals surface area contributed by atoms with Gasteiger partial charge in [-0.25, -0.2) is 0 Å². The summed E-state index contributed by atoms with van der Waals surface area (Å²) in [6.45, 7) is 6.68. The van der Waals surface area contributed by atoms with Gasteiger partial charge in [0.1, 0.15) is 4.88 Å². The van der Waals surface area contributed by atoms with Gasteiger partial charge in [-0.1, -0.05) is 18.8 Å². The van der Waals surface area contributed by atoms with Crippen LogP contribution in [-0.4, -0.2) is 43.5 Å². The summed E-state index contributed by atoms with van der Waals surface area (Å²) in [6.07, 6.45) is 2.33. The van der Waals surface area contributed by atoms with Crippen LogP contribution in [0.4, 0.5) is 0 Å². The molecule has 3 N–H and O–H groups in total. The number of carbonyl (C=O) groups is 1. The number of nitrogens with one attached hydrogen (secondary N) is 1. The predicted octanol–water partition coefficient (Wildman–Crippen LogP) is 1.52. The first-order valence-corrected chi connectivity index (χ1v) is 8.39. The second kappa shape index (κ2) is 8.18. The first kappa shape index (κ1) is 16.0. The van der Waals surface area contributed by atoms with Gasteiger partial charge in [-0.15, -0.1) is 11.3 Å². The second-order valence-electron chi connectivity index (χ2n) is 5.26. The van der Waals surface area contributed by atoms with E-state index in [-0.39, 0.29) is 5.91 Å². The fourth-order valence-corrected chi connectivity index (χ4v) is 3.32. The number of carbonyl (C=O) groups excluding carboxylic acids is 1. The molecule has 1 amide bonds. The maximum Gasteiger partial charge on any atom is 0.262 e. The number of nitrogens with two attached hydrogens (primary N) is 1. The van der Waals surface area contributed by atoms with E-state index in [0.717, 1.165) is 31.7 Å². The number of hydrogen-bond donors (Lipinski definition) is 2. The lowest BCUT2D eigenvalue weighted by atomic mass is 9.97. The zero-order valence-electron chi connectivity index (χ0n) is 12.5. The van der Waals surface area contributed by atoms with Gasteiger partial charge in [-0.3, -0.25) is 4.79 Å². The van der Waals surface area contributed by atoms with Crippen molar-refractivity contribution in [3.63, 3.8) is 0 Å². The van der Waals surface area contributed by atoms with Crippen LogP contribution in [0.1, 0.15) is 35.0 Å². The van der Waals surface area contributed by atoms with Gasteiger partial charge in [0.25, 0.3) is 5.91 Å². The van der Waals surface area contributed by atoms with Crippen molar-refractivity contribution in [2.24, 2.45) is 11.7 Å². The van der Waals surface area contributed by atoms with Gasteiger partial charge in [-0.05, 0) is 49.8 Å². The lowest BCUT2D eigenvalue weighted by Gasteiger charge is -2.30. The third-order valence-electron chi connectivity index (χ3n) is 3.90. The molecule has 1 fully saturated rings. The molecular formula is C16H23N3OS. The van der Waals surface area contributed by atoms with Crippen LogP contribution < -0.4 is 11.1 Å². The monoisotopic (exact) mass is 305 g/mol. The average Bonchev–Trinajstić information content (AvgIpc) is 2.99. The molecule has 1 aromatic rings. The Morgan fingerprint density at radius 2 is 2.29 bits per heavy atom. The Hall–Kier alpha value is -1.35. The first-order chi connectivity index (χ1) is 10.2. The molecule has 5 heteroatoms. The Kier molecular flexibility index (Phi) is 6.24. The van der Waals surface area contributed by atoms with E-state index < -0.39 is 0 Å².